The summed E-state index contributed by atoms with van der Waals surface area (Å²) in [5.41, 5.74) is 0.258. The van der Waals surface area contributed by atoms with Crippen LogP contribution in [0.4, 0.5) is 0 Å². The highest BCUT2D eigenvalue weighted by Gasteiger charge is 2.23. The first-order valence-electron chi connectivity index (χ1n) is 7.96. The van der Waals surface area contributed by atoms with E-state index < -0.39 is 0 Å². The number of hydrogen-bond acceptors (Lipinski definition) is 4. The molecule has 0 atom stereocenters. The van der Waals surface area contributed by atoms with Gasteiger partial charge in [-0.2, -0.15) is 0 Å². The molecular formula is C15H32N4. The Labute approximate surface area is 118 Å². The molecule has 112 valence electrons. The van der Waals surface area contributed by atoms with Gasteiger partial charge in [-0.15, -0.1) is 0 Å². The molecule has 0 radical (unpaired) electrons. The Balaban J connectivity index is 1.60. The first-order valence-corrected chi connectivity index (χ1v) is 7.96. The van der Waals surface area contributed by atoms with E-state index in [1.165, 1.54) is 52.1 Å². The van der Waals surface area contributed by atoms with Crippen LogP contribution in [0.3, 0.4) is 0 Å². The fourth-order valence-electron chi connectivity index (χ4n) is 3.13. The number of piperazine rings is 1. The standard InChI is InChI=1S/C15H32N4/c1-15(2,3)17-14-4-8-18(9-5-14)12-13-19-10-6-16-7-11-19/h14,16-17H,4-13H2,1-3H3. The summed E-state index contributed by atoms with van der Waals surface area (Å²) in [5.74, 6) is 0. The fraction of sp³-hybridized carbons (Fsp3) is 1.00. The summed E-state index contributed by atoms with van der Waals surface area (Å²) in [4.78, 5) is 5.23. The minimum atomic E-state index is 0.258. The fourth-order valence-corrected chi connectivity index (χ4v) is 3.13. The van der Waals surface area contributed by atoms with E-state index in [9.17, 15) is 0 Å². The van der Waals surface area contributed by atoms with Crippen LogP contribution in [0.15, 0.2) is 0 Å². The molecule has 4 heteroatoms. The highest BCUT2D eigenvalue weighted by Crippen LogP contribution is 2.13. The van der Waals surface area contributed by atoms with Crippen LogP contribution in [-0.4, -0.2) is 73.7 Å². The van der Waals surface area contributed by atoms with Gasteiger partial charge in [-0.3, -0.25) is 4.90 Å². The molecule has 0 aromatic heterocycles. The Morgan fingerprint density at radius 3 is 2.00 bits per heavy atom. The van der Waals surface area contributed by atoms with Crippen molar-refractivity contribution in [3.63, 3.8) is 0 Å². The lowest BCUT2D eigenvalue weighted by Crippen LogP contribution is -2.51. The molecule has 0 unspecified atom stereocenters. The molecule has 2 aliphatic rings. The smallest absolute Gasteiger partial charge is 0.0110 e. The average Bonchev–Trinajstić information content (AvgIpc) is 2.37. The van der Waals surface area contributed by atoms with Crippen molar-refractivity contribution in [3.05, 3.63) is 0 Å². The van der Waals surface area contributed by atoms with Crippen molar-refractivity contribution in [2.24, 2.45) is 0 Å². The van der Waals surface area contributed by atoms with E-state index in [1.54, 1.807) is 0 Å². The highest BCUT2D eigenvalue weighted by molar-refractivity contribution is 4.83. The third-order valence-electron chi connectivity index (χ3n) is 4.17. The predicted molar refractivity (Wildman–Crippen MR) is 81.7 cm³/mol. The van der Waals surface area contributed by atoms with Gasteiger partial charge >= 0.3 is 0 Å². The van der Waals surface area contributed by atoms with Gasteiger partial charge in [0.2, 0.25) is 0 Å². The van der Waals surface area contributed by atoms with Crippen molar-refractivity contribution in [1.29, 1.82) is 0 Å². The number of hydrogen-bond donors (Lipinski definition) is 2. The zero-order chi connectivity index (χ0) is 13.7. The van der Waals surface area contributed by atoms with E-state index in [0.717, 1.165) is 19.1 Å². The molecule has 4 nitrogen and oxygen atoms in total. The Hall–Kier alpha value is -0.160. The van der Waals surface area contributed by atoms with E-state index in [4.69, 9.17) is 0 Å². The molecule has 2 saturated heterocycles. The van der Waals surface area contributed by atoms with Crippen LogP contribution in [0.25, 0.3) is 0 Å². The number of nitrogens with one attached hydrogen (secondary N) is 2. The summed E-state index contributed by atoms with van der Waals surface area (Å²) in [5, 5.41) is 7.16. The molecule has 0 aromatic rings. The normalized spacial score (nSPS) is 24.8. The topological polar surface area (TPSA) is 30.5 Å². The molecule has 0 spiro atoms. The third-order valence-corrected chi connectivity index (χ3v) is 4.17. The number of nitrogens with zero attached hydrogens (tertiary/aromatic N) is 2. The van der Waals surface area contributed by atoms with Gasteiger partial charge in [-0.05, 0) is 46.7 Å². The molecule has 19 heavy (non-hydrogen) atoms. The van der Waals surface area contributed by atoms with Crippen LogP contribution in [0.1, 0.15) is 33.6 Å². The summed E-state index contributed by atoms with van der Waals surface area (Å²) in [6.07, 6.45) is 2.61. The SMILES string of the molecule is CC(C)(C)NC1CCN(CCN2CCNCC2)CC1. The lowest BCUT2D eigenvalue weighted by atomic mass is 10.00. The molecular weight excluding hydrogens is 236 g/mol. The van der Waals surface area contributed by atoms with Crippen LogP contribution in [0, 0.1) is 0 Å². The predicted octanol–water partition coefficient (Wildman–Crippen LogP) is 0.744. The molecule has 0 aromatic carbocycles. The van der Waals surface area contributed by atoms with Gasteiger partial charge in [-0.1, -0.05) is 0 Å². The van der Waals surface area contributed by atoms with Crippen molar-refractivity contribution in [1.82, 2.24) is 20.4 Å². The molecule has 2 aliphatic heterocycles. The Morgan fingerprint density at radius 2 is 1.47 bits per heavy atom. The van der Waals surface area contributed by atoms with Gasteiger partial charge in [0.25, 0.3) is 0 Å². The summed E-state index contributed by atoms with van der Waals surface area (Å²) >= 11 is 0. The molecule has 0 amide bonds. The van der Waals surface area contributed by atoms with E-state index in [0.29, 0.717) is 0 Å². The second-order valence-corrected chi connectivity index (χ2v) is 7.10. The van der Waals surface area contributed by atoms with Gasteiger partial charge in [0, 0.05) is 50.8 Å². The lowest BCUT2D eigenvalue weighted by Gasteiger charge is -2.37. The van der Waals surface area contributed by atoms with Crippen LogP contribution < -0.4 is 10.6 Å². The van der Waals surface area contributed by atoms with Gasteiger partial charge in [0.15, 0.2) is 0 Å². The molecule has 2 rings (SSSR count). The van der Waals surface area contributed by atoms with Crippen molar-refractivity contribution >= 4 is 0 Å². The van der Waals surface area contributed by atoms with Gasteiger partial charge < -0.3 is 15.5 Å². The summed E-state index contributed by atoms with van der Waals surface area (Å²) < 4.78 is 0. The molecule has 0 aliphatic carbocycles. The zero-order valence-corrected chi connectivity index (χ0v) is 13.0. The number of rotatable bonds is 4. The Morgan fingerprint density at radius 1 is 0.947 bits per heavy atom. The van der Waals surface area contributed by atoms with E-state index >= 15 is 0 Å². The van der Waals surface area contributed by atoms with Crippen molar-refractivity contribution < 1.29 is 0 Å². The molecule has 2 N–H and O–H groups in total. The monoisotopic (exact) mass is 268 g/mol. The van der Waals surface area contributed by atoms with E-state index in [2.05, 4.69) is 41.2 Å². The number of likely N-dealkylation sites (tertiary alicyclic amines) is 1. The summed E-state index contributed by atoms with van der Waals surface area (Å²) in [6.45, 7) is 16.6. The maximum atomic E-state index is 3.74. The molecule has 2 heterocycles. The van der Waals surface area contributed by atoms with Crippen molar-refractivity contribution in [3.8, 4) is 0 Å². The van der Waals surface area contributed by atoms with Gasteiger partial charge in [0.1, 0.15) is 0 Å². The van der Waals surface area contributed by atoms with Crippen LogP contribution >= 0.6 is 0 Å². The Kier molecular flexibility index (Phi) is 5.63. The molecule has 0 saturated carbocycles. The van der Waals surface area contributed by atoms with Crippen LogP contribution in [0.5, 0.6) is 0 Å². The maximum Gasteiger partial charge on any atom is 0.0110 e. The van der Waals surface area contributed by atoms with Gasteiger partial charge in [-0.25, -0.2) is 0 Å². The largest absolute Gasteiger partial charge is 0.314 e. The molecule has 0 bridgehead atoms. The van der Waals surface area contributed by atoms with Crippen molar-refractivity contribution in [2.75, 3.05) is 52.4 Å². The zero-order valence-electron chi connectivity index (χ0n) is 13.0. The second-order valence-electron chi connectivity index (χ2n) is 7.10. The number of piperidine rings is 1. The summed E-state index contributed by atoms with van der Waals surface area (Å²) in [6, 6.07) is 0.718. The summed E-state index contributed by atoms with van der Waals surface area (Å²) in [7, 11) is 0. The van der Waals surface area contributed by atoms with Crippen LogP contribution in [-0.2, 0) is 0 Å². The molecule has 2 fully saturated rings. The second kappa shape index (κ2) is 7.02. The quantitative estimate of drug-likeness (QED) is 0.787. The first-order chi connectivity index (χ1) is 9.03. The Bertz CT molecular complexity index is 247. The minimum Gasteiger partial charge on any atom is -0.314 e. The third kappa shape index (κ3) is 5.78. The van der Waals surface area contributed by atoms with Gasteiger partial charge in [0.05, 0.1) is 0 Å². The average molecular weight is 268 g/mol. The van der Waals surface area contributed by atoms with E-state index in [-0.39, 0.29) is 5.54 Å². The lowest BCUT2D eigenvalue weighted by molar-refractivity contribution is 0.149. The minimum absolute atomic E-state index is 0.258. The van der Waals surface area contributed by atoms with Crippen LogP contribution in [0.2, 0.25) is 0 Å². The first kappa shape index (κ1) is 15.2. The maximum absolute atomic E-state index is 3.74. The van der Waals surface area contributed by atoms with Crippen molar-refractivity contribution in [2.45, 2.75) is 45.2 Å². The highest BCUT2D eigenvalue weighted by atomic mass is 15.2. The van der Waals surface area contributed by atoms with E-state index in [1.807, 2.05) is 0 Å².